The quantitative estimate of drug-likeness (QED) is 0.666. The van der Waals surface area contributed by atoms with Gasteiger partial charge in [0.2, 0.25) is 0 Å². The van der Waals surface area contributed by atoms with Crippen LogP contribution in [-0.2, 0) is 0 Å². The van der Waals surface area contributed by atoms with Crippen LogP contribution in [0.3, 0.4) is 0 Å². The molecule has 1 aliphatic carbocycles. The van der Waals surface area contributed by atoms with E-state index in [0.29, 0.717) is 6.04 Å². The third-order valence-corrected chi connectivity index (χ3v) is 3.41. The summed E-state index contributed by atoms with van der Waals surface area (Å²) in [6, 6.07) is 0.444. The van der Waals surface area contributed by atoms with Crippen LogP contribution in [0, 0.1) is 17.8 Å². The van der Waals surface area contributed by atoms with Gasteiger partial charge < -0.3 is 5.73 Å². The van der Waals surface area contributed by atoms with Gasteiger partial charge in [0.1, 0.15) is 0 Å². The topological polar surface area (TPSA) is 26.0 Å². The maximum Gasteiger partial charge on any atom is 0.00417 e. The summed E-state index contributed by atoms with van der Waals surface area (Å²) < 4.78 is 0. The number of hydrogen-bond donors (Lipinski definition) is 1. The lowest BCUT2D eigenvalue weighted by molar-refractivity contribution is 0.167. The Morgan fingerprint density at radius 3 is 2.69 bits per heavy atom. The van der Waals surface area contributed by atoms with Crippen molar-refractivity contribution in [3.05, 3.63) is 12.7 Å². The van der Waals surface area contributed by atoms with Crippen LogP contribution in [-0.4, -0.2) is 6.04 Å². The maximum absolute atomic E-state index is 5.98. The second-order valence-electron chi connectivity index (χ2n) is 4.77. The van der Waals surface area contributed by atoms with Gasteiger partial charge in [-0.25, -0.2) is 0 Å². The first-order valence-electron chi connectivity index (χ1n) is 5.51. The van der Waals surface area contributed by atoms with Gasteiger partial charge in [-0.2, -0.15) is 0 Å². The normalized spacial score (nSPS) is 34.9. The number of rotatable bonds is 3. The van der Waals surface area contributed by atoms with E-state index in [1.165, 1.54) is 19.3 Å². The molecule has 0 spiro atoms. The van der Waals surface area contributed by atoms with Crippen molar-refractivity contribution >= 4 is 0 Å². The van der Waals surface area contributed by atoms with E-state index in [9.17, 15) is 0 Å². The summed E-state index contributed by atoms with van der Waals surface area (Å²) >= 11 is 0. The average Bonchev–Trinajstić information content (AvgIpc) is 2.04. The average molecular weight is 181 g/mol. The molecule has 1 aliphatic rings. The summed E-state index contributed by atoms with van der Waals surface area (Å²) in [6.45, 7) is 8.49. The van der Waals surface area contributed by atoms with Crippen LogP contribution in [0.1, 0.15) is 39.5 Å². The van der Waals surface area contributed by atoms with Crippen LogP contribution < -0.4 is 5.73 Å². The molecule has 1 rings (SSSR count). The van der Waals surface area contributed by atoms with Crippen molar-refractivity contribution in [2.75, 3.05) is 0 Å². The van der Waals surface area contributed by atoms with E-state index in [4.69, 9.17) is 5.73 Å². The Morgan fingerprint density at radius 2 is 2.15 bits per heavy atom. The molecule has 1 nitrogen and oxygen atoms in total. The highest BCUT2D eigenvalue weighted by Crippen LogP contribution is 2.36. The van der Waals surface area contributed by atoms with E-state index < -0.39 is 0 Å². The molecule has 0 heterocycles. The molecule has 0 bridgehead atoms. The molecule has 2 N–H and O–H groups in total. The van der Waals surface area contributed by atoms with Crippen molar-refractivity contribution in [2.45, 2.75) is 45.6 Å². The molecule has 0 amide bonds. The minimum absolute atomic E-state index is 0.444. The number of nitrogens with two attached hydrogens (primary N) is 1. The van der Waals surface area contributed by atoms with Crippen molar-refractivity contribution in [3.63, 3.8) is 0 Å². The van der Waals surface area contributed by atoms with Gasteiger partial charge in [-0.05, 0) is 43.4 Å². The number of hydrogen-bond acceptors (Lipinski definition) is 1. The zero-order chi connectivity index (χ0) is 9.84. The third-order valence-electron chi connectivity index (χ3n) is 3.41. The van der Waals surface area contributed by atoms with Gasteiger partial charge in [0.15, 0.2) is 0 Å². The van der Waals surface area contributed by atoms with Crippen molar-refractivity contribution in [1.82, 2.24) is 0 Å². The van der Waals surface area contributed by atoms with E-state index in [1.54, 1.807) is 0 Å². The van der Waals surface area contributed by atoms with Crippen LogP contribution in [0.5, 0.6) is 0 Å². The van der Waals surface area contributed by atoms with Crippen LogP contribution in [0.4, 0.5) is 0 Å². The molecule has 1 heteroatoms. The van der Waals surface area contributed by atoms with E-state index in [1.807, 2.05) is 0 Å². The maximum atomic E-state index is 5.98. The predicted molar refractivity (Wildman–Crippen MR) is 58.5 cm³/mol. The smallest absolute Gasteiger partial charge is 0.00417 e. The molecule has 1 saturated carbocycles. The summed E-state index contributed by atoms with van der Waals surface area (Å²) in [7, 11) is 0. The largest absolute Gasteiger partial charge is 0.328 e. The van der Waals surface area contributed by atoms with Crippen molar-refractivity contribution in [1.29, 1.82) is 0 Å². The zero-order valence-electron chi connectivity index (χ0n) is 9.00. The Kier molecular flexibility index (Phi) is 3.98. The summed E-state index contributed by atoms with van der Waals surface area (Å²) in [6.07, 6.45) is 6.94. The summed E-state index contributed by atoms with van der Waals surface area (Å²) in [5.74, 6) is 2.47. The lowest BCUT2D eigenvalue weighted by Crippen LogP contribution is -2.35. The predicted octanol–water partition coefficient (Wildman–Crippen LogP) is 2.96. The first kappa shape index (κ1) is 10.8. The highest BCUT2D eigenvalue weighted by atomic mass is 14.6. The van der Waals surface area contributed by atoms with E-state index >= 15 is 0 Å². The van der Waals surface area contributed by atoms with E-state index in [0.717, 1.165) is 24.2 Å². The van der Waals surface area contributed by atoms with E-state index in [-0.39, 0.29) is 0 Å². The Labute approximate surface area is 82.4 Å². The minimum atomic E-state index is 0.444. The van der Waals surface area contributed by atoms with Crippen LogP contribution in [0.15, 0.2) is 12.7 Å². The molecular weight excluding hydrogens is 158 g/mol. The van der Waals surface area contributed by atoms with Gasteiger partial charge in [0, 0.05) is 6.04 Å². The molecular formula is C12H23N. The van der Waals surface area contributed by atoms with Crippen LogP contribution in [0.2, 0.25) is 0 Å². The Hall–Kier alpha value is -0.300. The monoisotopic (exact) mass is 181 g/mol. The second-order valence-corrected chi connectivity index (χ2v) is 4.77. The minimum Gasteiger partial charge on any atom is -0.328 e. The standard InChI is InChI=1S/C12H23N/c1-4-5-10-8-11(13)6-7-12(10)9(2)3/h4,9-12H,1,5-8,13H2,2-3H3. The molecule has 1 fully saturated rings. The Bertz CT molecular complexity index is 163. The summed E-state index contributed by atoms with van der Waals surface area (Å²) in [4.78, 5) is 0. The molecule has 0 radical (unpaired) electrons. The first-order chi connectivity index (χ1) is 6.15. The Balaban J connectivity index is 2.54. The van der Waals surface area contributed by atoms with Crippen molar-refractivity contribution in [2.24, 2.45) is 23.5 Å². The van der Waals surface area contributed by atoms with Gasteiger partial charge in [-0.3, -0.25) is 0 Å². The van der Waals surface area contributed by atoms with Gasteiger partial charge in [0.25, 0.3) is 0 Å². The Morgan fingerprint density at radius 1 is 1.46 bits per heavy atom. The van der Waals surface area contributed by atoms with Crippen LogP contribution in [0.25, 0.3) is 0 Å². The summed E-state index contributed by atoms with van der Waals surface area (Å²) in [5, 5.41) is 0. The fourth-order valence-electron chi connectivity index (χ4n) is 2.69. The first-order valence-corrected chi connectivity index (χ1v) is 5.51. The third kappa shape index (κ3) is 2.84. The van der Waals surface area contributed by atoms with E-state index in [2.05, 4.69) is 26.5 Å². The van der Waals surface area contributed by atoms with Crippen molar-refractivity contribution in [3.8, 4) is 0 Å². The van der Waals surface area contributed by atoms with Gasteiger partial charge >= 0.3 is 0 Å². The highest BCUT2D eigenvalue weighted by molar-refractivity contribution is 4.87. The fourth-order valence-corrected chi connectivity index (χ4v) is 2.69. The highest BCUT2D eigenvalue weighted by Gasteiger charge is 2.29. The molecule has 0 aromatic heterocycles. The number of allylic oxidation sites excluding steroid dienone is 1. The molecule has 3 atom stereocenters. The van der Waals surface area contributed by atoms with Gasteiger partial charge in [-0.1, -0.05) is 19.9 Å². The molecule has 3 unspecified atom stereocenters. The lowest BCUT2D eigenvalue weighted by Gasteiger charge is -2.36. The SMILES string of the molecule is C=CCC1CC(N)CCC1C(C)C. The molecule has 0 aromatic carbocycles. The molecule has 0 aromatic rings. The lowest BCUT2D eigenvalue weighted by atomic mass is 9.71. The van der Waals surface area contributed by atoms with Gasteiger partial charge in [-0.15, -0.1) is 6.58 Å². The summed E-state index contributed by atoms with van der Waals surface area (Å²) in [5.41, 5.74) is 5.98. The zero-order valence-corrected chi connectivity index (χ0v) is 9.00. The molecule has 13 heavy (non-hydrogen) atoms. The van der Waals surface area contributed by atoms with Crippen molar-refractivity contribution < 1.29 is 0 Å². The van der Waals surface area contributed by atoms with Crippen LogP contribution >= 0.6 is 0 Å². The molecule has 0 aliphatic heterocycles. The molecule has 76 valence electrons. The second kappa shape index (κ2) is 4.80. The fraction of sp³-hybridized carbons (Fsp3) is 0.833. The molecule has 0 saturated heterocycles. The van der Waals surface area contributed by atoms with Gasteiger partial charge in [0.05, 0.1) is 0 Å².